The topological polar surface area (TPSA) is 15.3 Å². The molecule has 108 valence electrons. The lowest BCUT2D eigenvalue weighted by atomic mass is 9.95. The second-order valence-corrected chi connectivity index (χ2v) is 6.35. The van der Waals surface area contributed by atoms with Crippen molar-refractivity contribution in [3.8, 4) is 0 Å². The van der Waals surface area contributed by atoms with Crippen molar-refractivity contribution in [2.45, 2.75) is 71.8 Å². The average Bonchev–Trinajstić information content (AvgIpc) is 2.57. The first-order valence-corrected chi connectivity index (χ1v) is 8.11. The lowest BCUT2D eigenvalue weighted by Gasteiger charge is -2.34. The van der Waals surface area contributed by atoms with Crippen molar-refractivity contribution in [1.29, 1.82) is 0 Å². The van der Waals surface area contributed by atoms with Gasteiger partial charge < -0.3 is 10.2 Å². The number of nitrogens with zero attached hydrogens (tertiary/aromatic N) is 1. The molecule has 1 N–H and O–H groups in total. The van der Waals surface area contributed by atoms with Crippen LogP contribution in [0.4, 0.5) is 0 Å². The van der Waals surface area contributed by atoms with Gasteiger partial charge in [-0.2, -0.15) is 0 Å². The lowest BCUT2D eigenvalue weighted by Crippen LogP contribution is -2.49. The SMILES string of the molecule is CCCCC(CC)CN1CCCNC(C)(CC)C1. The van der Waals surface area contributed by atoms with Gasteiger partial charge in [0, 0.05) is 18.6 Å². The van der Waals surface area contributed by atoms with Crippen LogP contribution in [0.1, 0.15) is 66.2 Å². The van der Waals surface area contributed by atoms with E-state index in [2.05, 4.69) is 37.9 Å². The van der Waals surface area contributed by atoms with Gasteiger partial charge in [0.25, 0.3) is 0 Å². The van der Waals surface area contributed by atoms with E-state index in [-0.39, 0.29) is 0 Å². The van der Waals surface area contributed by atoms with E-state index in [4.69, 9.17) is 0 Å². The van der Waals surface area contributed by atoms with Crippen molar-refractivity contribution in [3.05, 3.63) is 0 Å². The number of unbranched alkanes of at least 4 members (excludes halogenated alkanes) is 1. The Morgan fingerprint density at radius 1 is 1.28 bits per heavy atom. The third-order valence-electron chi connectivity index (χ3n) is 4.62. The monoisotopic (exact) mass is 254 g/mol. The van der Waals surface area contributed by atoms with Crippen LogP contribution in [0.5, 0.6) is 0 Å². The molecule has 2 nitrogen and oxygen atoms in total. The highest BCUT2D eigenvalue weighted by Crippen LogP contribution is 2.19. The molecule has 2 unspecified atom stereocenters. The molecule has 0 aromatic heterocycles. The van der Waals surface area contributed by atoms with Gasteiger partial charge in [0.05, 0.1) is 0 Å². The standard InChI is InChI=1S/C16H34N2/c1-5-8-10-15(6-2)13-18-12-9-11-17-16(4,7-3)14-18/h15,17H,5-14H2,1-4H3. The molecule has 1 aliphatic rings. The van der Waals surface area contributed by atoms with E-state index >= 15 is 0 Å². The summed E-state index contributed by atoms with van der Waals surface area (Å²) in [7, 11) is 0. The van der Waals surface area contributed by atoms with Crippen LogP contribution in [0, 0.1) is 5.92 Å². The van der Waals surface area contributed by atoms with E-state index in [1.54, 1.807) is 0 Å². The van der Waals surface area contributed by atoms with E-state index in [0.717, 1.165) is 5.92 Å². The maximum Gasteiger partial charge on any atom is 0.0277 e. The predicted molar refractivity (Wildman–Crippen MR) is 81.1 cm³/mol. The van der Waals surface area contributed by atoms with Crippen LogP contribution in [-0.2, 0) is 0 Å². The summed E-state index contributed by atoms with van der Waals surface area (Å²) in [5, 5.41) is 3.73. The second-order valence-electron chi connectivity index (χ2n) is 6.35. The number of nitrogens with one attached hydrogen (secondary N) is 1. The number of hydrogen-bond acceptors (Lipinski definition) is 2. The van der Waals surface area contributed by atoms with Crippen LogP contribution in [0.3, 0.4) is 0 Å². The van der Waals surface area contributed by atoms with Gasteiger partial charge in [-0.1, -0.05) is 40.0 Å². The fraction of sp³-hybridized carbons (Fsp3) is 1.00. The molecule has 1 aliphatic heterocycles. The summed E-state index contributed by atoms with van der Waals surface area (Å²) in [6, 6.07) is 0. The Kier molecular flexibility index (Phi) is 7.25. The van der Waals surface area contributed by atoms with Crippen LogP contribution >= 0.6 is 0 Å². The highest BCUT2D eigenvalue weighted by atomic mass is 15.2. The van der Waals surface area contributed by atoms with E-state index in [0.29, 0.717) is 5.54 Å². The van der Waals surface area contributed by atoms with Gasteiger partial charge in [0.1, 0.15) is 0 Å². The molecular weight excluding hydrogens is 220 g/mol. The Labute approximate surface area is 115 Å². The Hall–Kier alpha value is -0.0800. The maximum absolute atomic E-state index is 3.73. The average molecular weight is 254 g/mol. The smallest absolute Gasteiger partial charge is 0.0277 e. The van der Waals surface area contributed by atoms with Gasteiger partial charge >= 0.3 is 0 Å². The van der Waals surface area contributed by atoms with Crippen molar-refractivity contribution in [2.24, 2.45) is 5.92 Å². The quantitative estimate of drug-likeness (QED) is 0.746. The van der Waals surface area contributed by atoms with Crippen LogP contribution in [0.25, 0.3) is 0 Å². The first-order valence-electron chi connectivity index (χ1n) is 8.11. The molecule has 0 bridgehead atoms. The fourth-order valence-corrected chi connectivity index (χ4v) is 3.00. The second kappa shape index (κ2) is 8.16. The third kappa shape index (κ3) is 5.27. The summed E-state index contributed by atoms with van der Waals surface area (Å²) in [5.74, 6) is 0.907. The highest BCUT2D eigenvalue weighted by molar-refractivity contribution is 4.88. The molecular formula is C16H34N2. The number of rotatable bonds is 7. The Morgan fingerprint density at radius 3 is 2.67 bits per heavy atom. The first kappa shape index (κ1) is 16.0. The molecule has 0 aromatic carbocycles. The molecule has 1 fully saturated rings. The molecule has 18 heavy (non-hydrogen) atoms. The molecule has 0 radical (unpaired) electrons. The van der Waals surface area contributed by atoms with Crippen molar-refractivity contribution < 1.29 is 0 Å². The summed E-state index contributed by atoms with van der Waals surface area (Å²) in [6.45, 7) is 14.4. The van der Waals surface area contributed by atoms with Crippen molar-refractivity contribution in [2.75, 3.05) is 26.2 Å². The molecule has 0 amide bonds. The molecule has 0 spiro atoms. The molecule has 0 aliphatic carbocycles. The lowest BCUT2D eigenvalue weighted by molar-refractivity contribution is 0.181. The zero-order valence-electron chi connectivity index (χ0n) is 13.1. The largest absolute Gasteiger partial charge is 0.310 e. The summed E-state index contributed by atoms with van der Waals surface area (Å²) < 4.78 is 0. The molecule has 0 saturated carbocycles. The van der Waals surface area contributed by atoms with Crippen molar-refractivity contribution in [1.82, 2.24) is 10.2 Å². The van der Waals surface area contributed by atoms with Crippen LogP contribution in [-0.4, -0.2) is 36.6 Å². The summed E-state index contributed by atoms with van der Waals surface area (Å²) in [5.41, 5.74) is 0.333. The van der Waals surface area contributed by atoms with Gasteiger partial charge in [0.2, 0.25) is 0 Å². The van der Waals surface area contributed by atoms with Crippen LogP contribution in [0.15, 0.2) is 0 Å². The van der Waals surface area contributed by atoms with Crippen LogP contribution in [0.2, 0.25) is 0 Å². The molecule has 2 atom stereocenters. The van der Waals surface area contributed by atoms with E-state index in [1.807, 2.05) is 0 Å². The zero-order chi connectivity index (χ0) is 13.4. The van der Waals surface area contributed by atoms with Crippen molar-refractivity contribution >= 4 is 0 Å². The number of hydrogen-bond donors (Lipinski definition) is 1. The Bertz CT molecular complexity index is 217. The van der Waals surface area contributed by atoms with E-state index < -0.39 is 0 Å². The van der Waals surface area contributed by atoms with Crippen molar-refractivity contribution in [3.63, 3.8) is 0 Å². The minimum absolute atomic E-state index is 0.333. The fourth-order valence-electron chi connectivity index (χ4n) is 3.00. The van der Waals surface area contributed by atoms with Gasteiger partial charge in [-0.05, 0) is 45.2 Å². The zero-order valence-corrected chi connectivity index (χ0v) is 13.1. The van der Waals surface area contributed by atoms with E-state index in [9.17, 15) is 0 Å². The summed E-state index contributed by atoms with van der Waals surface area (Å²) in [4.78, 5) is 2.72. The summed E-state index contributed by atoms with van der Waals surface area (Å²) >= 11 is 0. The summed E-state index contributed by atoms with van der Waals surface area (Å²) in [6.07, 6.45) is 8.03. The van der Waals surface area contributed by atoms with Crippen LogP contribution < -0.4 is 5.32 Å². The molecule has 1 saturated heterocycles. The predicted octanol–water partition coefficient (Wildman–Crippen LogP) is 3.67. The minimum Gasteiger partial charge on any atom is -0.310 e. The molecule has 1 heterocycles. The van der Waals surface area contributed by atoms with E-state index in [1.165, 1.54) is 64.7 Å². The highest BCUT2D eigenvalue weighted by Gasteiger charge is 2.27. The molecule has 2 heteroatoms. The normalized spacial score (nSPS) is 28.0. The third-order valence-corrected chi connectivity index (χ3v) is 4.62. The maximum atomic E-state index is 3.73. The molecule has 1 rings (SSSR count). The Morgan fingerprint density at radius 2 is 2.06 bits per heavy atom. The van der Waals surface area contributed by atoms with Gasteiger partial charge in [-0.25, -0.2) is 0 Å². The Balaban J connectivity index is 2.47. The van der Waals surface area contributed by atoms with Gasteiger partial charge in [-0.3, -0.25) is 0 Å². The van der Waals surface area contributed by atoms with Gasteiger partial charge in [0.15, 0.2) is 0 Å². The molecule has 0 aromatic rings. The van der Waals surface area contributed by atoms with Gasteiger partial charge in [-0.15, -0.1) is 0 Å². The first-order chi connectivity index (χ1) is 8.63. The minimum atomic E-state index is 0.333.